The fraction of sp³-hybridized carbons (Fsp3) is 0.300. The minimum Gasteiger partial charge on any atom is -0.492 e. The lowest BCUT2D eigenvalue weighted by atomic mass is 10.1. The number of rotatable bonds is 7. The number of guanidine groups is 1. The molecule has 0 spiro atoms. The van der Waals surface area contributed by atoms with Gasteiger partial charge in [0.1, 0.15) is 18.2 Å². The molecule has 0 saturated carbocycles. The van der Waals surface area contributed by atoms with Gasteiger partial charge in [-0.1, -0.05) is 18.2 Å². The first-order chi connectivity index (χ1) is 13.0. The van der Waals surface area contributed by atoms with E-state index in [1.807, 2.05) is 18.2 Å². The second-order valence-corrected chi connectivity index (χ2v) is 5.99. The Balaban J connectivity index is 1.74. The number of anilines is 1. The smallest absolute Gasteiger partial charge is 0.221 e. The van der Waals surface area contributed by atoms with E-state index in [0.29, 0.717) is 42.7 Å². The molecule has 0 aliphatic heterocycles. The van der Waals surface area contributed by atoms with Gasteiger partial charge in [0.15, 0.2) is 5.96 Å². The van der Waals surface area contributed by atoms with E-state index in [1.54, 1.807) is 32.2 Å². The molecule has 0 fully saturated rings. The van der Waals surface area contributed by atoms with Crippen LogP contribution in [-0.4, -0.2) is 32.1 Å². The molecular weight excluding hydrogens is 347 g/mol. The van der Waals surface area contributed by atoms with E-state index < -0.39 is 0 Å². The van der Waals surface area contributed by atoms with E-state index in [4.69, 9.17) is 4.74 Å². The summed E-state index contributed by atoms with van der Waals surface area (Å²) in [6.45, 7) is 4.62. The quantitative estimate of drug-likeness (QED) is 0.397. The van der Waals surface area contributed by atoms with E-state index in [1.165, 1.54) is 13.0 Å². The van der Waals surface area contributed by atoms with Crippen LogP contribution in [0.25, 0.3) is 0 Å². The number of hydrogen-bond acceptors (Lipinski definition) is 3. The minimum atomic E-state index is -0.216. The Bertz CT molecular complexity index is 808. The molecule has 7 heteroatoms. The number of ether oxygens (including phenoxy) is 1. The van der Waals surface area contributed by atoms with Crippen LogP contribution < -0.4 is 20.7 Å². The van der Waals surface area contributed by atoms with Gasteiger partial charge in [-0.05, 0) is 36.2 Å². The van der Waals surface area contributed by atoms with Gasteiger partial charge >= 0.3 is 0 Å². The van der Waals surface area contributed by atoms with Crippen molar-refractivity contribution in [3.63, 3.8) is 0 Å². The Kier molecular flexibility index (Phi) is 7.61. The lowest BCUT2D eigenvalue weighted by Crippen LogP contribution is -2.38. The molecule has 144 valence electrons. The predicted molar refractivity (Wildman–Crippen MR) is 106 cm³/mol. The Morgan fingerprint density at radius 1 is 1.19 bits per heavy atom. The number of aryl methyl sites for hydroxylation is 1. The maximum atomic E-state index is 13.6. The van der Waals surface area contributed by atoms with Gasteiger partial charge in [0.05, 0.1) is 6.54 Å². The summed E-state index contributed by atoms with van der Waals surface area (Å²) >= 11 is 0. The average Bonchev–Trinajstić information content (AvgIpc) is 2.63. The third-order valence-corrected chi connectivity index (χ3v) is 3.74. The van der Waals surface area contributed by atoms with Crippen LogP contribution in [0.5, 0.6) is 5.75 Å². The molecule has 0 bridgehead atoms. The Hall–Kier alpha value is -3.09. The zero-order valence-electron chi connectivity index (χ0n) is 15.8. The summed E-state index contributed by atoms with van der Waals surface area (Å²) in [4.78, 5) is 15.2. The van der Waals surface area contributed by atoms with Crippen molar-refractivity contribution >= 4 is 17.6 Å². The fourth-order valence-corrected chi connectivity index (χ4v) is 2.36. The largest absolute Gasteiger partial charge is 0.492 e. The lowest BCUT2D eigenvalue weighted by molar-refractivity contribution is -0.114. The number of amides is 1. The van der Waals surface area contributed by atoms with Crippen molar-refractivity contribution in [3.05, 3.63) is 59.4 Å². The summed E-state index contributed by atoms with van der Waals surface area (Å²) < 4.78 is 19.2. The molecule has 2 rings (SSSR count). The minimum absolute atomic E-state index is 0.128. The number of nitrogens with zero attached hydrogens (tertiary/aromatic N) is 1. The number of carbonyl (C=O) groups is 1. The summed E-state index contributed by atoms with van der Waals surface area (Å²) in [7, 11) is 1.67. The molecule has 6 nitrogen and oxygen atoms in total. The zero-order chi connectivity index (χ0) is 19.6. The summed E-state index contributed by atoms with van der Waals surface area (Å²) in [5.74, 6) is 0.928. The van der Waals surface area contributed by atoms with Gasteiger partial charge in [-0.15, -0.1) is 0 Å². The SMILES string of the molecule is CN=C(NCCOc1cccc(NC(C)=O)c1)NCc1ccc(C)c(F)c1. The topological polar surface area (TPSA) is 74.8 Å². The number of benzene rings is 2. The van der Waals surface area contributed by atoms with E-state index in [0.717, 1.165) is 5.56 Å². The van der Waals surface area contributed by atoms with E-state index >= 15 is 0 Å². The normalized spacial score (nSPS) is 11.0. The molecule has 3 N–H and O–H groups in total. The van der Waals surface area contributed by atoms with Crippen LogP contribution in [-0.2, 0) is 11.3 Å². The average molecular weight is 372 g/mol. The second kappa shape index (κ2) is 10.2. The highest BCUT2D eigenvalue weighted by Gasteiger charge is 2.02. The monoisotopic (exact) mass is 372 g/mol. The van der Waals surface area contributed by atoms with Crippen molar-refractivity contribution in [2.75, 3.05) is 25.5 Å². The zero-order valence-corrected chi connectivity index (χ0v) is 15.8. The van der Waals surface area contributed by atoms with Gasteiger partial charge in [0.25, 0.3) is 0 Å². The van der Waals surface area contributed by atoms with Gasteiger partial charge in [-0.3, -0.25) is 9.79 Å². The highest BCUT2D eigenvalue weighted by Crippen LogP contribution is 2.17. The Morgan fingerprint density at radius 3 is 2.70 bits per heavy atom. The molecule has 27 heavy (non-hydrogen) atoms. The Morgan fingerprint density at radius 2 is 2.00 bits per heavy atom. The van der Waals surface area contributed by atoms with Crippen LogP contribution in [0, 0.1) is 12.7 Å². The van der Waals surface area contributed by atoms with Gasteiger partial charge in [-0.2, -0.15) is 0 Å². The first kappa shape index (κ1) is 20.2. The first-order valence-electron chi connectivity index (χ1n) is 8.68. The van der Waals surface area contributed by atoms with Crippen LogP contribution in [0.1, 0.15) is 18.1 Å². The van der Waals surface area contributed by atoms with E-state index in [9.17, 15) is 9.18 Å². The molecule has 0 aromatic heterocycles. The lowest BCUT2D eigenvalue weighted by Gasteiger charge is -2.13. The molecule has 0 aliphatic carbocycles. The molecular formula is C20H25FN4O2. The second-order valence-electron chi connectivity index (χ2n) is 5.99. The Labute approximate surface area is 158 Å². The standard InChI is InChI=1S/C20H25FN4O2/c1-14-7-8-16(11-19(14)21)13-24-20(22-3)23-9-10-27-18-6-4-5-17(12-18)25-15(2)26/h4-8,11-12H,9-10,13H2,1-3H3,(H,25,26)(H2,22,23,24). The third-order valence-electron chi connectivity index (χ3n) is 3.74. The van der Waals surface area contributed by atoms with E-state index in [-0.39, 0.29) is 11.7 Å². The molecule has 0 atom stereocenters. The van der Waals surface area contributed by atoms with Crippen molar-refractivity contribution in [1.82, 2.24) is 10.6 Å². The van der Waals surface area contributed by atoms with Gasteiger partial charge in [0.2, 0.25) is 5.91 Å². The summed E-state index contributed by atoms with van der Waals surface area (Å²) in [5, 5.41) is 8.98. The maximum Gasteiger partial charge on any atom is 0.221 e. The van der Waals surface area contributed by atoms with Crippen LogP contribution in [0.2, 0.25) is 0 Å². The maximum absolute atomic E-state index is 13.6. The molecule has 1 amide bonds. The molecule has 0 unspecified atom stereocenters. The number of carbonyl (C=O) groups excluding carboxylic acids is 1. The van der Waals surface area contributed by atoms with Crippen molar-refractivity contribution in [1.29, 1.82) is 0 Å². The van der Waals surface area contributed by atoms with Gasteiger partial charge in [-0.25, -0.2) is 4.39 Å². The highest BCUT2D eigenvalue weighted by atomic mass is 19.1. The van der Waals surface area contributed by atoms with Crippen LogP contribution in [0.4, 0.5) is 10.1 Å². The summed E-state index contributed by atoms with van der Waals surface area (Å²) in [5.41, 5.74) is 2.16. The molecule has 0 radical (unpaired) electrons. The van der Waals surface area contributed by atoms with Crippen molar-refractivity contribution in [2.24, 2.45) is 4.99 Å². The molecule has 0 heterocycles. The molecule has 2 aromatic rings. The van der Waals surface area contributed by atoms with Crippen molar-refractivity contribution in [3.8, 4) is 5.75 Å². The summed E-state index contributed by atoms with van der Waals surface area (Å²) in [6, 6.07) is 12.3. The number of aliphatic imine (C=N–C) groups is 1. The molecule has 0 aliphatic rings. The summed E-state index contributed by atoms with van der Waals surface area (Å²) in [6.07, 6.45) is 0. The highest BCUT2D eigenvalue weighted by molar-refractivity contribution is 5.88. The third kappa shape index (κ3) is 6.97. The predicted octanol–water partition coefficient (Wildman–Crippen LogP) is 2.84. The van der Waals surface area contributed by atoms with E-state index in [2.05, 4.69) is 20.9 Å². The number of halogens is 1. The fourth-order valence-electron chi connectivity index (χ4n) is 2.36. The van der Waals surface area contributed by atoms with Crippen LogP contribution in [0.15, 0.2) is 47.5 Å². The van der Waals surface area contributed by atoms with Crippen LogP contribution >= 0.6 is 0 Å². The van der Waals surface area contributed by atoms with Crippen molar-refractivity contribution < 1.29 is 13.9 Å². The first-order valence-corrected chi connectivity index (χ1v) is 8.68. The van der Waals surface area contributed by atoms with Gasteiger partial charge in [0, 0.05) is 32.3 Å². The van der Waals surface area contributed by atoms with Gasteiger partial charge < -0.3 is 20.7 Å². The molecule has 0 saturated heterocycles. The molecule has 2 aromatic carbocycles. The van der Waals surface area contributed by atoms with Crippen molar-refractivity contribution in [2.45, 2.75) is 20.4 Å². The van der Waals surface area contributed by atoms with Crippen LogP contribution in [0.3, 0.4) is 0 Å². The number of hydrogen-bond donors (Lipinski definition) is 3. The number of nitrogens with one attached hydrogen (secondary N) is 3.